The topological polar surface area (TPSA) is 73.9 Å². The Kier molecular flexibility index (Phi) is 5.52. The van der Waals surface area contributed by atoms with Gasteiger partial charge in [0.2, 0.25) is 6.79 Å². The largest absolute Gasteiger partial charge is 0.454 e. The molecule has 1 aliphatic heterocycles. The number of rotatable bonds is 5. The standard InChI is InChI=1S/C21H23NO5S/c1-13(20(23)22-11-14-7-8-16-17(9-14)26-12-25-16)27-21(24)19-10-15-5-3-2-4-6-18(15)28-19/h7-10,13H,2-6,11-12H2,1H3,(H,22,23)/t13-/m0/s1. The molecule has 7 heteroatoms. The predicted molar refractivity (Wildman–Crippen MR) is 105 cm³/mol. The lowest BCUT2D eigenvalue weighted by Crippen LogP contribution is -2.35. The fraction of sp³-hybridized carbons (Fsp3) is 0.429. The van der Waals surface area contributed by atoms with Crippen LogP contribution in [0.2, 0.25) is 0 Å². The van der Waals surface area contributed by atoms with Crippen LogP contribution in [-0.2, 0) is 28.9 Å². The molecule has 2 heterocycles. The van der Waals surface area contributed by atoms with Gasteiger partial charge in [-0.2, -0.15) is 0 Å². The van der Waals surface area contributed by atoms with Gasteiger partial charge < -0.3 is 19.5 Å². The van der Waals surface area contributed by atoms with Crippen molar-refractivity contribution in [2.45, 2.75) is 51.7 Å². The molecule has 2 aromatic rings. The highest BCUT2D eigenvalue weighted by Crippen LogP contribution is 2.32. The van der Waals surface area contributed by atoms with E-state index in [1.165, 1.54) is 34.6 Å². The Bertz CT molecular complexity index is 867. The number of hydrogen-bond acceptors (Lipinski definition) is 6. The average Bonchev–Trinajstić information content (AvgIpc) is 3.27. The molecule has 1 aromatic heterocycles. The number of aryl methyl sites for hydroxylation is 2. The molecule has 6 nitrogen and oxygen atoms in total. The number of ether oxygens (including phenoxy) is 3. The Balaban J connectivity index is 1.31. The molecule has 0 spiro atoms. The van der Waals surface area contributed by atoms with Crippen molar-refractivity contribution in [2.24, 2.45) is 0 Å². The highest BCUT2D eigenvalue weighted by Gasteiger charge is 2.22. The molecule has 2 aliphatic rings. The number of fused-ring (bicyclic) bond motifs is 2. The fourth-order valence-electron chi connectivity index (χ4n) is 3.42. The van der Waals surface area contributed by atoms with E-state index in [0.717, 1.165) is 24.8 Å². The summed E-state index contributed by atoms with van der Waals surface area (Å²) in [4.78, 5) is 26.6. The van der Waals surface area contributed by atoms with Crippen LogP contribution in [-0.4, -0.2) is 24.8 Å². The maximum Gasteiger partial charge on any atom is 0.349 e. The van der Waals surface area contributed by atoms with E-state index >= 15 is 0 Å². The van der Waals surface area contributed by atoms with Gasteiger partial charge in [0.05, 0.1) is 0 Å². The van der Waals surface area contributed by atoms with E-state index in [1.54, 1.807) is 6.92 Å². The number of thiophene rings is 1. The summed E-state index contributed by atoms with van der Waals surface area (Å²) in [5, 5.41) is 2.79. The highest BCUT2D eigenvalue weighted by atomic mass is 32.1. The van der Waals surface area contributed by atoms with Crippen LogP contribution in [0.4, 0.5) is 0 Å². The lowest BCUT2D eigenvalue weighted by Gasteiger charge is -2.13. The summed E-state index contributed by atoms with van der Waals surface area (Å²) in [6, 6.07) is 7.44. The molecular formula is C21H23NO5S. The zero-order chi connectivity index (χ0) is 19.5. The quantitative estimate of drug-likeness (QED) is 0.612. The van der Waals surface area contributed by atoms with Gasteiger partial charge in [-0.25, -0.2) is 4.79 Å². The molecule has 0 radical (unpaired) electrons. The van der Waals surface area contributed by atoms with Gasteiger partial charge in [0.25, 0.3) is 5.91 Å². The smallest absolute Gasteiger partial charge is 0.349 e. The molecule has 28 heavy (non-hydrogen) atoms. The molecule has 0 fully saturated rings. The minimum absolute atomic E-state index is 0.213. The first-order chi connectivity index (χ1) is 13.6. The molecule has 1 atom stereocenters. The summed E-state index contributed by atoms with van der Waals surface area (Å²) < 4.78 is 16.0. The Hall–Kier alpha value is -2.54. The summed E-state index contributed by atoms with van der Waals surface area (Å²) in [6.45, 7) is 2.13. The van der Waals surface area contributed by atoms with Crippen LogP contribution in [0.25, 0.3) is 0 Å². The average molecular weight is 401 g/mol. The summed E-state index contributed by atoms with van der Waals surface area (Å²) >= 11 is 1.50. The van der Waals surface area contributed by atoms with E-state index in [-0.39, 0.29) is 12.7 Å². The number of carbonyl (C=O) groups excluding carboxylic acids is 2. The second kappa shape index (κ2) is 8.22. The molecular weight excluding hydrogens is 378 g/mol. The van der Waals surface area contributed by atoms with Gasteiger partial charge in [0.1, 0.15) is 4.88 Å². The Morgan fingerprint density at radius 1 is 1.14 bits per heavy atom. The van der Waals surface area contributed by atoms with Gasteiger partial charge in [0, 0.05) is 11.4 Å². The monoisotopic (exact) mass is 401 g/mol. The van der Waals surface area contributed by atoms with Gasteiger partial charge in [0.15, 0.2) is 17.6 Å². The molecule has 0 bridgehead atoms. The van der Waals surface area contributed by atoms with E-state index in [4.69, 9.17) is 14.2 Å². The van der Waals surface area contributed by atoms with Gasteiger partial charge in [-0.1, -0.05) is 12.5 Å². The minimum atomic E-state index is -0.858. The molecule has 148 valence electrons. The van der Waals surface area contributed by atoms with Crippen LogP contribution in [0.1, 0.15) is 51.9 Å². The number of hydrogen-bond donors (Lipinski definition) is 1. The van der Waals surface area contributed by atoms with Crippen molar-refractivity contribution in [3.05, 3.63) is 45.1 Å². The first kappa shape index (κ1) is 18.8. The lowest BCUT2D eigenvalue weighted by molar-refractivity contribution is -0.129. The van der Waals surface area contributed by atoms with Crippen molar-refractivity contribution in [1.29, 1.82) is 0 Å². The van der Waals surface area contributed by atoms with E-state index in [2.05, 4.69) is 5.32 Å². The van der Waals surface area contributed by atoms with Gasteiger partial charge in [-0.05, 0) is 61.9 Å². The minimum Gasteiger partial charge on any atom is -0.454 e. The maximum absolute atomic E-state index is 12.4. The molecule has 0 saturated heterocycles. The summed E-state index contributed by atoms with van der Waals surface area (Å²) in [7, 11) is 0. The van der Waals surface area contributed by atoms with Crippen LogP contribution in [0.5, 0.6) is 11.5 Å². The molecule has 1 aliphatic carbocycles. The molecule has 4 rings (SSSR count). The van der Waals surface area contributed by atoms with E-state index in [1.807, 2.05) is 24.3 Å². The number of amides is 1. The Morgan fingerprint density at radius 2 is 1.96 bits per heavy atom. The molecule has 1 amide bonds. The zero-order valence-electron chi connectivity index (χ0n) is 15.8. The number of esters is 1. The zero-order valence-corrected chi connectivity index (χ0v) is 16.6. The van der Waals surface area contributed by atoms with Crippen LogP contribution >= 0.6 is 11.3 Å². The number of nitrogens with one attached hydrogen (secondary N) is 1. The number of benzene rings is 1. The van der Waals surface area contributed by atoms with Crippen LogP contribution < -0.4 is 14.8 Å². The summed E-state index contributed by atoms with van der Waals surface area (Å²) in [5.41, 5.74) is 2.15. The van der Waals surface area contributed by atoms with Crippen LogP contribution in [0, 0.1) is 0 Å². The highest BCUT2D eigenvalue weighted by molar-refractivity contribution is 7.14. The first-order valence-corrected chi connectivity index (χ1v) is 10.4. The Morgan fingerprint density at radius 3 is 2.86 bits per heavy atom. The molecule has 0 saturated carbocycles. The normalized spacial score (nSPS) is 16.0. The molecule has 1 N–H and O–H groups in total. The molecule has 0 unspecified atom stereocenters. The third-order valence-corrected chi connectivity index (χ3v) is 6.22. The molecule has 1 aromatic carbocycles. The second-order valence-corrected chi connectivity index (χ2v) is 8.21. The lowest BCUT2D eigenvalue weighted by atomic mass is 10.1. The maximum atomic E-state index is 12.4. The number of carbonyl (C=O) groups is 2. The fourth-order valence-corrected chi connectivity index (χ4v) is 4.56. The van der Waals surface area contributed by atoms with Crippen molar-refractivity contribution in [3.8, 4) is 11.5 Å². The van der Waals surface area contributed by atoms with Crippen molar-refractivity contribution < 1.29 is 23.8 Å². The van der Waals surface area contributed by atoms with Crippen molar-refractivity contribution in [3.63, 3.8) is 0 Å². The summed E-state index contributed by atoms with van der Waals surface area (Å²) in [5.74, 6) is 0.614. The third kappa shape index (κ3) is 4.14. The van der Waals surface area contributed by atoms with Gasteiger partial charge in [-0.15, -0.1) is 11.3 Å². The summed E-state index contributed by atoms with van der Waals surface area (Å²) in [6.07, 6.45) is 4.76. The van der Waals surface area contributed by atoms with Crippen molar-refractivity contribution >= 4 is 23.2 Å². The van der Waals surface area contributed by atoms with E-state index < -0.39 is 12.1 Å². The van der Waals surface area contributed by atoms with E-state index in [9.17, 15) is 9.59 Å². The Labute approximate surface area is 167 Å². The predicted octanol–water partition coefficient (Wildman–Crippen LogP) is 3.61. The SMILES string of the molecule is C[C@H](OC(=O)c1cc2c(s1)CCCCC2)C(=O)NCc1ccc2c(c1)OCO2. The first-order valence-electron chi connectivity index (χ1n) is 9.59. The van der Waals surface area contributed by atoms with Crippen LogP contribution in [0.15, 0.2) is 24.3 Å². The van der Waals surface area contributed by atoms with Gasteiger partial charge in [-0.3, -0.25) is 4.79 Å². The van der Waals surface area contributed by atoms with Crippen molar-refractivity contribution in [1.82, 2.24) is 5.32 Å². The van der Waals surface area contributed by atoms with E-state index in [0.29, 0.717) is 22.9 Å². The van der Waals surface area contributed by atoms with Crippen LogP contribution in [0.3, 0.4) is 0 Å². The second-order valence-electron chi connectivity index (χ2n) is 7.07. The van der Waals surface area contributed by atoms with Crippen molar-refractivity contribution in [2.75, 3.05) is 6.79 Å². The third-order valence-electron chi connectivity index (χ3n) is 5.00. The van der Waals surface area contributed by atoms with Gasteiger partial charge >= 0.3 is 5.97 Å².